The van der Waals surface area contributed by atoms with Crippen LogP contribution in [0.15, 0.2) is 98.6 Å². The van der Waals surface area contributed by atoms with Gasteiger partial charge in [0.1, 0.15) is 11.5 Å². The summed E-state index contributed by atoms with van der Waals surface area (Å²) in [5.41, 5.74) is 2.32. The zero-order valence-electron chi connectivity index (χ0n) is 23.1. The van der Waals surface area contributed by atoms with Crippen molar-refractivity contribution in [1.29, 1.82) is 0 Å². The van der Waals surface area contributed by atoms with E-state index in [1.165, 1.54) is 15.9 Å². The van der Waals surface area contributed by atoms with Crippen molar-refractivity contribution < 1.29 is 23.4 Å². The van der Waals surface area contributed by atoms with Crippen LogP contribution in [0.3, 0.4) is 0 Å². The molecule has 0 saturated heterocycles. The predicted molar refractivity (Wildman–Crippen MR) is 168 cm³/mol. The van der Waals surface area contributed by atoms with E-state index in [2.05, 4.69) is 0 Å². The number of fused-ring (bicyclic) bond motifs is 2. The first-order valence-corrected chi connectivity index (χ1v) is 15.2. The highest BCUT2D eigenvalue weighted by molar-refractivity contribution is 7.07. The van der Waals surface area contributed by atoms with E-state index >= 15 is 0 Å². The molecule has 1 unspecified atom stereocenters. The molecule has 4 heterocycles. The number of aromatic nitrogens is 1. The highest BCUT2D eigenvalue weighted by atomic mass is 35.5. The third-order valence-corrected chi connectivity index (χ3v) is 8.73. The summed E-state index contributed by atoms with van der Waals surface area (Å²) in [5, 5.41) is 1.00. The largest absolute Gasteiger partial charge is 0.463 e. The number of benzene rings is 3. The van der Waals surface area contributed by atoms with E-state index in [1.54, 1.807) is 55.5 Å². The second-order valence-electron chi connectivity index (χ2n) is 9.87. The van der Waals surface area contributed by atoms with Crippen molar-refractivity contribution in [1.82, 2.24) is 4.57 Å². The van der Waals surface area contributed by atoms with E-state index in [9.17, 15) is 9.59 Å². The Morgan fingerprint density at radius 3 is 2.68 bits per heavy atom. The number of carbonyl (C=O) groups is 1. The molecule has 5 aromatic rings. The van der Waals surface area contributed by atoms with Crippen molar-refractivity contribution in [3.05, 3.63) is 131 Å². The molecule has 3 aromatic carbocycles. The Hall–Kier alpha value is -4.57. The molecular weight excluding hydrogens is 623 g/mol. The van der Waals surface area contributed by atoms with Crippen molar-refractivity contribution >= 4 is 52.3 Å². The smallest absolute Gasteiger partial charge is 0.338 e. The van der Waals surface area contributed by atoms with Crippen LogP contribution >= 0.6 is 34.5 Å². The van der Waals surface area contributed by atoms with Crippen molar-refractivity contribution in [2.75, 3.05) is 13.4 Å². The molecular formula is C33H22Cl2N2O6S. The monoisotopic (exact) mass is 644 g/mol. The third-order valence-electron chi connectivity index (χ3n) is 7.18. The Morgan fingerprint density at radius 1 is 1.05 bits per heavy atom. The minimum atomic E-state index is -0.852. The lowest BCUT2D eigenvalue weighted by Crippen LogP contribution is -2.40. The van der Waals surface area contributed by atoms with E-state index in [1.807, 2.05) is 36.4 Å². The van der Waals surface area contributed by atoms with Crippen LogP contribution in [0.4, 0.5) is 0 Å². The fraction of sp³-hybridized carbons (Fsp3) is 0.121. The van der Waals surface area contributed by atoms with Gasteiger partial charge in [-0.05, 0) is 55.0 Å². The van der Waals surface area contributed by atoms with Gasteiger partial charge in [0, 0.05) is 22.2 Å². The number of hydrogen-bond donors (Lipinski definition) is 0. The summed E-state index contributed by atoms with van der Waals surface area (Å²) in [7, 11) is 0. The quantitative estimate of drug-likeness (QED) is 0.204. The Bertz CT molecular complexity index is 2150. The fourth-order valence-corrected chi connectivity index (χ4v) is 6.59. The summed E-state index contributed by atoms with van der Waals surface area (Å²) in [6.07, 6.45) is 1.65. The maximum absolute atomic E-state index is 14.2. The molecule has 0 fully saturated rings. The molecule has 0 spiro atoms. The third kappa shape index (κ3) is 5.02. The second kappa shape index (κ2) is 11.5. The molecule has 0 saturated carbocycles. The average Bonchev–Trinajstić information content (AvgIpc) is 3.77. The van der Waals surface area contributed by atoms with Gasteiger partial charge in [-0.2, -0.15) is 0 Å². The summed E-state index contributed by atoms with van der Waals surface area (Å²) in [5.74, 6) is 1.48. The number of carbonyl (C=O) groups excluding carboxylic acids is 1. The Kier molecular flexibility index (Phi) is 7.37. The Morgan fingerprint density at radius 2 is 1.86 bits per heavy atom. The van der Waals surface area contributed by atoms with Gasteiger partial charge in [0.15, 0.2) is 16.3 Å². The molecule has 2 aromatic heterocycles. The molecule has 11 heteroatoms. The van der Waals surface area contributed by atoms with Crippen molar-refractivity contribution in [3.8, 4) is 22.8 Å². The average molecular weight is 646 g/mol. The van der Waals surface area contributed by atoms with Crippen LogP contribution in [0, 0.1) is 0 Å². The SMILES string of the molecule is CCOC(=O)C1=C(c2ccccc2)N=c2s/c(=C\c3ccc(-c4cc(Cl)ccc4Cl)o3)c(=O)n2C1c1ccc2c(c1)OCO2. The number of esters is 1. The molecule has 0 aliphatic carbocycles. The zero-order chi connectivity index (χ0) is 30.4. The molecule has 8 nitrogen and oxygen atoms in total. The standard InChI is InChI=1S/C33H22Cl2N2O6S/c1-2-40-32(39)28-29(18-6-4-3-5-7-18)36-33-37(30(28)19-8-12-25-26(14-19)42-17-41-25)31(38)27(44-33)16-21-10-13-24(43-21)22-15-20(34)9-11-23(22)35/h3-16,30H,2,17H2,1H3/b27-16-. The Labute approximate surface area is 264 Å². The van der Waals surface area contributed by atoms with Gasteiger partial charge in [-0.3, -0.25) is 9.36 Å². The van der Waals surface area contributed by atoms with Crippen molar-refractivity contribution in [3.63, 3.8) is 0 Å². The minimum absolute atomic E-state index is 0.0862. The van der Waals surface area contributed by atoms with Crippen LogP contribution in [0.2, 0.25) is 10.0 Å². The molecule has 0 amide bonds. The predicted octanol–water partition coefficient (Wildman–Crippen LogP) is 6.23. The summed E-state index contributed by atoms with van der Waals surface area (Å²) in [4.78, 5) is 33.1. The van der Waals surface area contributed by atoms with Crippen molar-refractivity contribution in [2.24, 2.45) is 4.99 Å². The van der Waals surface area contributed by atoms with Crippen LogP contribution in [0.5, 0.6) is 11.5 Å². The highest BCUT2D eigenvalue weighted by Crippen LogP contribution is 2.40. The van der Waals surface area contributed by atoms with E-state index in [4.69, 9.17) is 46.8 Å². The van der Waals surface area contributed by atoms with E-state index in [-0.39, 0.29) is 24.5 Å². The van der Waals surface area contributed by atoms with Gasteiger partial charge in [0.25, 0.3) is 5.56 Å². The second-order valence-corrected chi connectivity index (χ2v) is 11.7. The maximum atomic E-state index is 14.2. The normalized spacial score (nSPS) is 15.7. The molecule has 0 N–H and O–H groups in total. The molecule has 0 bridgehead atoms. The highest BCUT2D eigenvalue weighted by Gasteiger charge is 2.36. The van der Waals surface area contributed by atoms with Gasteiger partial charge in [0.2, 0.25) is 6.79 Å². The van der Waals surface area contributed by atoms with Crippen LogP contribution in [-0.2, 0) is 9.53 Å². The topological polar surface area (TPSA) is 92.3 Å². The number of rotatable bonds is 6. The summed E-state index contributed by atoms with van der Waals surface area (Å²) in [6.45, 7) is 1.97. The lowest BCUT2D eigenvalue weighted by molar-refractivity contribution is -0.138. The van der Waals surface area contributed by atoms with Crippen LogP contribution in [-0.4, -0.2) is 23.9 Å². The van der Waals surface area contributed by atoms with Gasteiger partial charge >= 0.3 is 5.97 Å². The summed E-state index contributed by atoms with van der Waals surface area (Å²) < 4.78 is 24.6. The molecule has 0 radical (unpaired) electrons. The molecule has 1 atom stereocenters. The molecule has 220 valence electrons. The van der Waals surface area contributed by atoms with Gasteiger partial charge in [-0.15, -0.1) is 0 Å². The number of ether oxygens (including phenoxy) is 3. The van der Waals surface area contributed by atoms with E-state index in [0.29, 0.717) is 64.8 Å². The summed E-state index contributed by atoms with van der Waals surface area (Å²) >= 11 is 13.7. The number of hydrogen-bond acceptors (Lipinski definition) is 8. The number of nitrogens with zero attached hydrogens (tertiary/aromatic N) is 2. The maximum Gasteiger partial charge on any atom is 0.338 e. The first-order valence-electron chi connectivity index (χ1n) is 13.6. The lowest BCUT2D eigenvalue weighted by atomic mass is 9.93. The first-order chi connectivity index (χ1) is 21.4. The van der Waals surface area contributed by atoms with Gasteiger partial charge in [0.05, 0.1) is 33.5 Å². The number of halogens is 2. The van der Waals surface area contributed by atoms with Crippen LogP contribution < -0.4 is 24.4 Å². The van der Waals surface area contributed by atoms with Gasteiger partial charge in [-0.25, -0.2) is 9.79 Å². The molecule has 7 rings (SSSR count). The van der Waals surface area contributed by atoms with Crippen molar-refractivity contribution in [2.45, 2.75) is 13.0 Å². The van der Waals surface area contributed by atoms with E-state index in [0.717, 1.165) is 0 Å². The van der Waals surface area contributed by atoms with Gasteiger partial charge < -0.3 is 18.6 Å². The molecule has 44 heavy (non-hydrogen) atoms. The summed E-state index contributed by atoms with van der Waals surface area (Å²) in [6, 6.07) is 22.5. The number of furan rings is 1. The lowest BCUT2D eigenvalue weighted by Gasteiger charge is -2.26. The van der Waals surface area contributed by atoms with E-state index < -0.39 is 12.0 Å². The fourth-order valence-electron chi connectivity index (χ4n) is 5.23. The first kappa shape index (κ1) is 28.2. The number of thiazole rings is 1. The molecule has 2 aliphatic heterocycles. The van der Waals surface area contributed by atoms with Crippen LogP contribution in [0.25, 0.3) is 23.1 Å². The van der Waals surface area contributed by atoms with Crippen LogP contribution in [0.1, 0.15) is 29.9 Å². The van der Waals surface area contributed by atoms with Gasteiger partial charge in [-0.1, -0.05) is 70.9 Å². The molecule has 2 aliphatic rings. The Balaban J connectivity index is 1.43. The zero-order valence-corrected chi connectivity index (χ0v) is 25.4. The minimum Gasteiger partial charge on any atom is -0.463 e.